The Morgan fingerprint density at radius 1 is 0.969 bits per heavy atom. The fourth-order valence-corrected chi connectivity index (χ4v) is 6.00. The molecule has 1 amide bonds. The van der Waals surface area contributed by atoms with Crippen LogP contribution in [0.1, 0.15) is 91.9 Å². The molecule has 3 rings (SSSR count). The number of carbonyl (C=O) groups is 3. The molecule has 2 aliphatic rings. The number of ether oxygens (including phenoxy) is 1. The monoisotopic (exact) mass is 461 g/mol. The summed E-state index contributed by atoms with van der Waals surface area (Å²) in [7, 11) is 0. The van der Waals surface area contributed by atoms with E-state index in [9.17, 15) is 19.5 Å². The number of rotatable bonds is 5. The Morgan fingerprint density at radius 2 is 1.56 bits per heavy atom. The number of carboxylic acids is 1. The van der Waals surface area contributed by atoms with E-state index in [0.717, 1.165) is 42.5 Å². The predicted molar refractivity (Wildman–Crippen MR) is 126 cm³/mol. The van der Waals surface area contributed by atoms with Crippen LogP contribution in [0.15, 0.2) is 12.2 Å². The molecule has 0 aromatic carbocycles. The van der Waals surface area contributed by atoms with Gasteiger partial charge in [-0.3, -0.25) is 9.59 Å². The number of aliphatic carboxylic acids is 1. The van der Waals surface area contributed by atoms with E-state index in [-0.39, 0.29) is 12.5 Å². The Balaban J connectivity index is 1.90. The summed E-state index contributed by atoms with van der Waals surface area (Å²) in [6.07, 6.45) is 15.5. The number of aryl methyl sites for hydroxylation is 1. The van der Waals surface area contributed by atoms with E-state index in [2.05, 4.69) is 5.32 Å². The molecule has 2 aliphatic carbocycles. The van der Waals surface area contributed by atoms with E-state index < -0.39 is 23.8 Å². The summed E-state index contributed by atoms with van der Waals surface area (Å²) in [6.45, 7) is 2.05. The minimum absolute atomic E-state index is 0.269. The highest BCUT2D eigenvalue weighted by Crippen LogP contribution is 2.38. The third-order valence-corrected chi connectivity index (χ3v) is 7.68. The first-order chi connectivity index (χ1) is 15.5. The number of amides is 1. The average Bonchev–Trinajstić information content (AvgIpc) is 3.10. The molecule has 0 aliphatic heterocycles. The molecule has 2 atom stereocenters. The van der Waals surface area contributed by atoms with Crippen LogP contribution in [0.3, 0.4) is 0 Å². The molecule has 0 radical (unpaired) electrons. The molecule has 0 saturated carbocycles. The van der Waals surface area contributed by atoms with Gasteiger partial charge in [-0.25, -0.2) is 4.79 Å². The maximum atomic E-state index is 13.1. The summed E-state index contributed by atoms with van der Waals surface area (Å²) in [5.74, 6) is -3.07. The van der Waals surface area contributed by atoms with Gasteiger partial charge in [0.1, 0.15) is 5.00 Å². The van der Waals surface area contributed by atoms with Crippen molar-refractivity contribution in [1.82, 2.24) is 0 Å². The molecule has 0 unspecified atom stereocenters. The lowest BCUT2D eigenvalue weighted by Crippen LogP contribution is -2.34. The van der Waals surface area contributed by atoms with Gasteiger partial charge in [0.15, 0.2) is 0 Å². The first kappa shape index (κ1) is 24.5. The van der Waals surface area contributed by atoms with E-state index >= 15 is 0 Å². The normalized spacial score (nSPS) is 22.2. The molecule has 176 valence electrons. The second-order valence-corrected chi connectivity index (χ2v) is 9.85. The van der Waals surface area contributed by atoms with E-state index in [1.807, 2.05) is 12.2 Å². The lowest BCUT2D eigenvalue weighted by atomic mass is 9.82. The highest BCUT2D eigenvalue weighted by atomic mass is 32.1. The van der Waals surface area contributed by atoms with Crippen molar-refractivity contribution in [1.29, 1.82) is 0 Å². The van der Waals surface area contributed by atoms with Gasteiger partial charge in [-0.2, -0.15) is 0 Å². The van der Waals surface area contributed by atoms with Crippen LogP contribution in [0, 0.1) is 11.8 Å². The highest BCUT2D eigenvalue weighted by molar-refractivity contribution is 7.17. The number of carbonyl (C=O) groups excluding carboxylic acids is 2. The topological polar surface area (TPSA) is 92.7 Å². The molecule has 7 heteroatoms. The van der Waals surface area contributed by atoms with Crippen molar-refractivity contribution < 1.29 is 24.2 Å². The molecule has 1 aromatic rings. The highest BCUT2D eigenvalue weighted by Gasteiger charge is 2.35. The summed E-state index contributed by atoms with van der Waals surface area (Å²) < 4.78 is 5.36. The minimum Gasteiger partial charge on any atom is -0.481 e. The van der Waals surface area contributed by atoms with E-state index in [1.165, 1.54) is 43.4 Å². The second-order valence-electron chi connectivity index (χ2n) is 8.74. The zero-order valence-corrected chi connectivity index (χ0v) is 19.8. The number of allylic oxidation sites excluding steroid dienone is 2. The molecule has 2 N–H and O–H groups in total. The number of hydrogen-bond acceptors (Lipinski definition) is 5. The molecule has 0 saturated heterocycles. The van der Waals surface area contributed by atoms with Gasteiger partial charge in [0.25, 0.3) is 0 Å². The zero-order chi connectivity index (χ0) is 22.9. The Bertz CT molecular complexity index is 844. The number of carboxylic acid groups (broad SMARTS) is 1. The average molecular weight is 462 g/mol. The van der Waals surface area contributed by atoms with Gasteiger partial charge in [0.05, 0.1) is 24.0 Å². The van der Waals surface area contributed by atoms with E-state index in [1.54, 1.807) is 6.92 Å². The van der Waals surface area contributed by atoms with Crippen LogP contribution in [0.2, 0.25) is 0 Å². The van der Waals surface area contributed by atoms with Crippen molar-refractivity contribution in [2.75, 3.05) is 11.9 Å². The summed E-state index contributed by atoms with van der Waals surface area (Å²) >= 11 is 1.47. The van der Waals surface area contributed by atoms with Gasteiger partial charge in [-0.05, 0) is 51.0 Å². The summed E-state index contributed by atoms with van der Waals surface area (Å²) in [5.41, 5.74) is 1.50. The maximum absolute atomic E-state index is 13.1. The standard InChI is InChI=1S/C25H35NO5S/c1-2-31-25(30)21-19-15-9-7-5-3-4-6-8-10-16-20(19)32-23(21)26-22(27)17-13-11-12-14-18(17)24(28)29/h11-12,17-18H,2-10,13-16H2,1H3,(H,26,27)(H,28,29)/t17-,18+/m0/s1. The van der Waals surface area contributed by atoms with E-state index in [0.29, 0.717) is 23.4 Å². The van der Waals surface area contributed by atoms with Crippen LogP contribution in [0.4, 0.5) is 5.00 Å². The third kappa shape index (κ3) is 6.21. The lowest BCUT2D eigenvalue weighted by Gasteiger charge is -2.24. The zero-order valence-electron chi connectivity index (χ0n) is 19.0. The molecule has 6 nitrogen and oxygen atoms in total. The first-order valence-electron chi connectivity index (χ1n) is 12.0. The molecule has 0 bridgehead atoms. The molecular formula is C25H35NO5S. The maximum Gasteiger partial charge on any atom is 0.341 e. The number of esters is 1. The smallest absolute Gasteiger partial charge is 0.341 e. The lowest BCUT2D eigenvalue weighted by molar-refractivity contribution is -0.146. The quantitative estimate of drug-likeness (QED) is 0.430. The molecule has 0 spiro atoms. The van der Waals surface area contributed by atoms with Crippen LogP contribution in [0.25, 0.3) is 0 Å². The largest absolute Gasteiger partial charge is 0.481 e. The SMILES string of the molecule is CCOC(=O)c1c(NC(=O)[C@H]2CC=CC[C@H]2C(=O)O)sc2c1CCCCCCCCCC2. The Morgan fingerprint density at radius 3 is 2.19 bits per heavy atom. The van der Waals surface area contributed by atoms with Gasteiger partial charge in [-0.15, -0.1) is 11.3 Å². The second kappa shape index (κ2) is 12.2. The molecular weight excluding hydrogens is 426 g/mol. The van der Waals surface area contributed by atoms with Crippen LogP contribution in [-0.4, -0.2) is 29.6 Å². The van der Waals surface area contributed by atoms with Crippen molar-refractivity contribution in [3.8, 4) is 0 Å². The van der Waals surface area contributed by atoms with Gasteiger partial charge < -0.3 is 15.2 Å². The number of anilines is 1. The first-order valence-corrected chi connectivity index (χ1v) is 12.8. The number of fused-ring (bicyclic) bond motifs is 1. The molecule has 1 aromatic heterocycles. The Kier molecular flexibility index (Phi) is 9.33. The van der Waals surface area contributed by atoms with Gasteiger partial charge in [0.2, 0.25) is 5.91 Å². The number of nitrogens with one attached hydrogen (secondary N) is 1. The van der Waals surface area contributed by atoms with Gasteiger partial charge >= 0.3 is 11.9 Å². The van der Waals surface area contributed by atoms with Crippen LogP contribution >= 0.6 is 11.3 Å². The molecule has 1 heterocycles. The van der Waals surface area contributed by atoms with Gasteiger partial charge in [0, 0.05) is 4.88 Å². The molecule has 0 fully saturated rings. The van der Waals surface area contributed by atoms with Crippen molar-refractivity contribution in [2.24, 2.45) is 11.8 Å². The summed E-state index contributed by atoms with van der Waals surface area (Å²) in [6, 6.07) is 0. The van der Waals surface area contributed by atoms with E-state index in [4.69, 9.17) is 4.74 Å². The summed E-state index contributed by atoms with van der Waals surface area (Å²) in [4.78, 5) is 38.9. The Hall–Kier alpha value is -2.15. The van der Waals surface area contributed by atoms with Crippen LogP contribution < -0.4 is 5.32 Å². The van der Waals surface area contributed by atoms with Crippen molar-refractivity contribution >= 4 is 34.2 Å². The summed E-state index contributed by atoms with van der Waals surface area (Å²) in [5, 5.41) is 13.0. The fraction of sp³-hybridized carbons (Fsp3) is 0.640. The minimum atomic E-state index is -0.960. The third-order valence-electron chi connectivity index (χ3n) is 6.47. The number of hydrogen-bond donors (Lipinski definition) is 2. The van der Waals surface area contributed by atoms with Crippen molar-refractivity contribution in [3.05, 3.63) is 28.2 Å². The van der Waals surface area contributed by atoms with Crippen LogP contribution in [-0.2, 0) is 27.2 Å². The predicted octanol–water partition coefficient (Wildman–Crippen LogP) is 5.75. The fourth-order valence-electron chi connectivity index (χ4n) is 4.72. The molecule has 32 heavy (non-hydrogen) atoms. The number of thiophene rings is 1. The van der Waals surface area contributed by atoms with Crippen molar-refractivity contribution in [3.63, 3.8) is 0 Å². The Labute approximate surface area is 194 Å². The van der Waals surface area contributed by atoms with Crippen molar-refractivity contribution in [2.45, 2.75) is 84.0 Å². The van der Waals surface area contributed by atoms with Crippen LogP contribution in [0.5, 0.6) is 0 Å². The van der Waals surface area contributed by atoms with Gasteiger partial charge in [-0.1, -0.05) is 50.7 Å².